The number of carbonyl (C=O) groups is 1. The molecular formula is C17H14O4. The smallest absolute Gasteiger partial charge is 0.163 e. The first-order chi connectivity index (χ1) is 10.2. The largest absolute Gasteiger partial charge is 0.387 e. The molecule has 1 aliphatic heterocycles. The number of carbonyl (C=O) groups excluding carboxylic acids is 1. The molecule has 3 aliphatic rings. The van der Waals surface area contributed by atoms with Crippen LogP contribution in [0, 0.1) is 0 Å². The Hall–Kier alpha value is -1.75. The predicted octanol–water partition coefficient (Wildman–Crippen LogP) is 1.82. The Kier molecular flexibility index (Phi) is 2.10. The topological polar surface area (TPSA) is 70.1 Å². The maximum absolute atomic E-state index is 11.9. The summed E-state index contributed by atoms with van der Waals surface area (Å²) < 4.78 is 5.56. The fraction of sp³-hybridized carbons (Fsp3) is 0.353. The van der Waals surface area contributed by atoms with E-state index in [0.29, 0.717) is 6.42 Å². The van der Waals surface area contributed by atoms with E-state index in [1.54, 1.807) is 0 Å². The highest BCUT2D eigenvalue weighted by Gasteiger charge is 2.54. The Bertz CT molecular complexity index is 810. The van der Waals surface area contributed by atoms with Gasteiger partial charge in [-0.2, -0.15) is 0 Å². The van der Waals surface area contributed by atoms with E-state index in [2.05, 4.69) is 0 Å². The van der Waals surface area contributed by atoms with Gasteiger partial charge in [-0.15, -0.1) is 0 Å². The Labute approximate surface area is 121 Å². The minimum atomic E-state index is -0.900. The van der Waals surface area contributed by atoms with E-state index in [0.717, 1.165) is 39.4 Å². The average molecular weight is 282 g/mol. The second-order valence-electron chi connectivity index (χ2n) is 6.14. The lowest BCUT2D eigenvalue weighted by atomic mass is 9.83. The third kappa shape index (κ3) is 1.37. The van der Waals surface area contributed by atoms with Gasteiger partial charge in [0.25, 0.3) is 0 Å². The molecule has 2 aromatic rings. The highest BCUT2D eigenvalue weighted by atomic mass is 16.6. The van der Waals surface area contributed by atoms with Crippen molar-refractivity contribution in [2.75, 3.05) is 0 Å². The van der Waals surface area contributed by atoms with Crippen LogP contribution in [0.3, 0.4) is 0 Å². The first kappa shape index (κ1) is 11.9. The summed E-state index contributed by atoms with van der Waals surface area (Å²) in [6.45, 7) is 0. The molecule has 0 spiro atoms. The van der Waals surface area contributed by atoms with Gasteiger partial charge in [0.15, 0.2) is 5.78 Å². The number of ketones is 1. The molecular weight excluding hydrogens is 268 g/mol. The number of aryl methyl sites for hydroxylation is 1. The van der Waals surface area contributed by atoms with Crippen LogP contribution in [0.2, 0.25) is 0 Å². The molecule has 106 valence electrons. The second kappa shape index (κ2) is 3.71. The maximum atomic E-state index is 11.9. The lowest BCUT2D eigenvalue weighted by Gasteiger charge is -2.24. The van der Waals surface area contributed by atoms with E-state index in [1.165, 1.54) is 0 Å². The number of ether oxygens (including phenoxy) is 1. The highest BCUT2D eigenvalue weighted by Crippen LogP contribution is 2.53. The fourth-order valence-electron chi connectivity index (χ4n) is 3.97. The Morgan fingerprint density at radius 3 is 2.71 bits per heavy atom. The van der Waals surface area contributed by atoms with Crippen molar-refractivity contribution < 1.29 is 19.7 Å². The van der Waals surface area contributed by atoms with Gasteiger partial charge in [0.2, 0.25) is 0 Å². The molecule has 4 atom stereocenters. The second-order valence-corrected chi connectivity index (χ2v) is 6.14. The first-order valence-electron chi connectivity index (χ1n) is 7.30. The minimum absolute atomic E-state index is 0.128. The third-order valence-corrected chi connectivity index (χ3v) is 5.08. The average Bonchev–Trinajstić information content (AvgIpc) is 3.21. The minimum Gasteiger partial charge on any atom is -0.387 e. The summed E-state index contributed by atoms with van der Waals surface area (Å²) in [6, 6.07) is 7.68. The van der Waals surface area contributed by atoms with E-state index in [-0.39, 0.29) is 18.0 Å². The SMILES string of the molecule is O=C1CCc2c1ccc1c3c(ccc21)[C@@H](O)[C@H](O)[C@H]1O[C@@H]31. The molecule has 2 aromatic carbocycles. The molecule has 0 radical (unpaired) electrons. The van der Waals surface area contributed by atoms with Crippen molar-refractivity contribution in [3.05, 3.63) is 46.5 Å². The summed E-state index contributed by atoms with van der Waals surface area (Å²) in [6.07, 6.45) is -0.816. The van der Waals surface area contributed by atoms with Crippen molar-refractivity contribution in [1.29, 1.82) is 0 Å². The lowest BCUT2D eigenvalue weighted by molar-refractivity contribution is 0.000105. The Morgan fingerprint density at radius 1 is 1.05 bits per heavy atom. The molecule has 21 heavy (non-hydrogen) atoms. The zero-order valence-electron chi connectivity index (χ0n) is 11.2. The fourth-order valence-corrected chi connectivity index (χ4v) is 3.97. The highest BCUT2D eigenvalue weighted by molar-refractivity contribution is 6.06. The number of aliphatic hydroxyl groups excluding tert-OH is 2. The molecule has 0 unspecified atom stereocenters. The molecule has 0 saturated carbocycles. The Balaban J connectivity index is 1.83. The molecule has 0 aromatic heterocycles. The molecule has 0 bridgehead atoms. The van der Waals surface area contributed by atoms with Gasteiger partial charge in [-0.05, 0) is 33.9 Å². The summed E-state index contributed by atoms with van der Waals surface area (Å²) >= 11 is 0. The van der Waals surface area contributed by atoms with Crippen LogP contribution in [-0.2, 0) is 11.2 Å². The van der Waals surface area contributed by atoms with Crippen LogP contribution in [0.25, 0.3) is 10.8 Å². The number of hydrogen-bond donors (Lipinski definition) is 2. The van der Waals surface area contributed by atoms with Gasteiger partial charge >= 0.3 is 0 Å². The molecule has 1 heterocycles. The van der Waals surface area contributed by atoms with Crippen LogP contribution in [0.5, 0.6) is 0 Å². The van der Waals surface area contributed by atoms with Gasteiger partial charge in [-0.3, -0.25) is 4.79 Å². The van der Waals surface area contributed by atoms with E-state index in [1.807, 2.05) is 24.3 Å². The number of hydrogen-bond acceptors (Lipinski definition) is 4. The first-order valence-corrected chi connectivity index (χ1v) is 7.30. The lowest BCUT2D eigenvalue weighted by Crippen LogP contribution is -2.29. The van der Waals surface area contributed by atoms with Gasteiger partial charge < -0.3 is 14.9 Å². The summed E-state index contributed by atoms with van der Waals surface area (Å²) in [5.41, 5.74) is 3.67. The van der Waals surface area contributed by atoms with Gasteiger partial charge in [0.05, 0.1) is 0 Å². The number of epoxide rings is 1. The zero-order valence-corrected chi connectivity index (χ0v) is 11.2. The van der Waals surface area contributed by atoms with Crippen molar-refractivity contribution in [3.63, 3.8) is 0 Å². The number of benzene rings is 2. The molecule has 5 rings (SSSR count). The number of Topliss-reactive ketones (excluding diaryl/α,β-unsaturated/α-hetero) is 1. The molecule has 1 fully saturated rings. The number of rotatable bonds is 0. The molecule has 0 amide bonds. The van der Waals surface area contributed by atoms with Crippen molar-refractivity contribution in [3.8, 4) is 0 Å². The molecule has 2 N–H and O–H groups in total. The van der Waals surface area contributed by atoms with Crippen LogP contribution >= 0.6 is 0 Å². The van der Waals surface area contributed by atoms with Crippen molar-refractivity contribution in [2.24, 2.45) is 0 Å². The van der Waals surface area contributed by atoms with Gasteiger partial charge in [-0.25, -0.2) is 0 Å². The van der Waals surface area contributed by atoms with Gasteiger partial charge in [0, 0.05) is 12.0 Å². The molecule has 2 aliphatic carbocycles. The third-order valence-electron chi connectivity index (χ3n) is 5.08. The Morgan fingerprint density at radius 2 is 1.86 bits per heavy atom. The van der Waals surface area contributed by atoms with Gasteiger partial charge in [-0.1, -0.05) is 24.3 Å². The zero-order chi connectivity index (χ0) is 14.3. The number of aliphatic hydroxyl groups is 2. The molecule has 4 nitrogen and oxygen atoms in total. The maximum Gasteiger partial charge on any atom is 0.163 e. The molecule has 4 heteroatoms. The van der Waals surface area contributed by atoms with Crippen LogP contribution in [0.1, 0.15) is 45.7 Å². The normalized spacial score (nSPS) is 32.8. The van der Waals surface area contributed by atoms with Crippen LogP contribution in [-0.4, -0.2) is 28.2 Å². The predicted molar refractivity (Wildman–Crippen MR) is 75.2 cm³/mol. The van der Waals surface area contributed by atoms with E-state index >= 15 is 0 Å². The van der Waals surface area contributed by atoms with Crippen molar-refractivity contribution in [2.45, 2.75) is 37.3 Å². The van der Waals surface area contributed by atoms with Crippen LogP contribution in [0.15, 0.2) is 24.3 Å². The molecule has 1 saturated heterocycles. The van der Waals surface area contributed by atoms with Crippen molar-refractivity contribution in [1.82, 2.24) is 0 Å². The summed E-state index contributed by atoms with van der Waals surface area (Å²) in [5, 5.41) is 22.3. The number of fused-ring (bicyclic) bond motifs is 7. The summed E-state index contributed by atoms with van der Waals surface area (Å²) in [4.78, 5) is 11.9. The van der Waals surface area contributed by atoms with E-state index in [9.17, 15) is 15.0 Å². The van der Waals surface area contributed by atoms with Crippen LogP contribution in [0.4, 0.5) is 0 Å². The monoisotopic (exact) mass is 282 g/mol. The quantitative estimate of drug-likeness (QED) is 0.723. The summed E-state index contributed by atoms with van der Waals surface area (Å²) in [7, 11) is 0. The van der Waals surface area contributed by atoms with E-state index in [4.69, 9.17) is 4.74 Å². The van der Waals surface area contributed by atoms with Crippen molar-refractivity contribution >= 4 is 16.6 Å². The summed E-state index contributed by atoms with van der Waals surface area (Å²) in [5.74, 6) is 0.209. The van der Waals surface area contributed by atoms with Crippen LogP contribution < -0.4 is 0 Å². The standard InChI is InChI=1S/C17H14O4/c18-12-6-5-7-8-1-4-11-13(10(8)3-2-9(7)12)16-17(21-16)15(20)14(11)19/h1-4,14-17,19-20H,5-6H2/t14-,15+,16+,17-/m1/s1. The van der Waals surface area contributed by atoms with Gasteiger partial charge in [0.1, 0.15) is 24.4 Å². The van der Waals surface area contributed by atoms with E-state index < -0.39 is 12.2 Å².